The number of carbonyl (C=O) groups excluding carboxylic acids is 4. The number of nitrogens with zero attached hydrogens (tertiary/aromatic N) is 5. The number of rotatable bonds is 7. The number of carbonyl (C=O) groups is 4. The van der Waals surface area contributed by atoms with E-state index in [-0.39, 0.29) is 74.0 Å². The molecule has 4 N–H and O–H groups in total. The van der Waals surface area contributed by atoms with Crippen molar-refractivity contribution in [3.8, 4) is 0 Å². The van der Waals surface area contributed by atoms with E-state index < -0.39 is 71.7 Å². The third-order valence-corrected chi connectivity index (χ3v) is 15.7. The summed E-state index contributed by atoms with van der Waals surface area (Å²) in [7, 11) is 1.59. The lowest BCUT2D eigenvalue weighted by Crippen LogP contribution is -2.61. The van der Waals surface area contributed by atoms with Crippen molar-refractivity contribution in [1.29, 1.82) is 0 Å². The minimum absolute atomic E-state index is 0.0412. The highest BCUT2D eigenvalue weighted by Crippen LogP contribution is 2.41. The minimum atomic E-state index is -2.43. The lowest BCUT2D eigenvalue weighted by Gasteiger charge is -2.42. The molecule has 16 heteroatoms. The zero-order valence-electron chi connectivity index (χ0n) is 42.3. The summed E-state index contributed by atoms with van der Waals surface area (Å²) >= 11 is 0. The molecule has 1 aliphatic carbocycles. The molecular formula is C53H81N5O11. The van der Waals surface area contributed by atoms with Crippen LogP contribution in [0.25, 0.3) is 0 Å². The number of piperidine rings is 1. The smallest absolute Gasteiger partial charge is 0.329 e. The van der Waals surface area contributed by atoms with Gasteiger partial charge in [0.1, 0.15) is 24.3 Å². The molecule has 5 rings (SSSR count). The van der Waals surface area contributed by atoms with Crippen LogP contribution in [0.2, 0.25) is 0 Å². The van der Waals surface area contributed by atoms with Crippen LogP contribution in [-0.4, -0.2) is 132 Å². The number of aliphatic hydroxyl groups excluding tert-OH is 3. The maximum absolute atomic E-state index is 14.5. The summed E-state index contributed by atoms with van der Waals surface area (Å²) in [5, 5.41) is 56.2. The number of allylic oxidation sites excluding steroid dienone is 6. The lowest BCUT2D eigenvalue weighted by molar-refractivity contribution is -0.265. The molecule has 3 aliphatic heterocycles. The van der Waals surface area contributed by atoms with Crippen molar-refractivity contribution in [2.75, 3.05) is 26.9 Å². The number of methoxy groups -OCH3 is 1. The third-order valence-electron chi connectivity index (χ3n) is 15.7. The summed E-state index contributed by atoms with van der Waals surface area (Å²) in [4.78, 5) is 58.6. The first-order valence-electron chi connectivity index (χ1n) is 25.4. The molecule has 0 unspecified atom stereocenters. The summed E-state index contributed by atoms with van der Waals surface area (Å²) in [5.41, 5.74) is 2.12. The van der Waals surface area contributed by atoms with Crippen molar-refractivity contribution in [2.45, 2.75) is 168 Å². The number of Topliss-reactive ketones (excluding diaryl/α,β-unsaturated/α-hetero) is 2. The van der Waals surface area contributed by atoms with Crippen LogP contribution >= 0.6 is 0 Å². The Morgan fingerprint density at radius 3 is 2.38 bits per heavy atom. The number of cyclic esters (lactones) is 1. The lowest BCUT2D eigenvalue weighted by atomic mass is 9.74. The van der Waals surface area contributed by atoms with Crippen molar-refractivity contribution in [1.82, 2.24) is 25.1 Å². The first-order valence-corrected chi connectivity index (χ1v) is 25.4. The summed E-state index contributed by atoms with van der Waals surface area (Å²) in [6.07, 6.45) is 16.0. The van der Waals surface area contributed by atoms with Gasteiger partial charge in [-0.25, -0.2) is 9.48 Å². The van der Waals surface area contributed by atoms with Gasteiger partial charge in [0, 0.05) is 56.8 Å². The van der Waals surface area contributed by atoms with E-state index in [4.69, 9.17) is 14.2 Å². The van der Waals surface area contributed by atoms with Crippen molar-refractivity contribution < 1.29 is 53.8 Å². The van der Waals surface area contributed by atoms with Gasteiger partial charge in [-0.05, 0) is 123 Å². The SMILES string of the molecule is C=C1[C@H](C)C[C@H](C)/C=C/C=C/C=C(\C)[C@@H](OC)C[C@@H]2CC[C@@H](C)[C@@](O)(O2)C(=O)C(=O)N2CCCC[C@H]2C(=O)O[C@H]([C@H](C)C[C@@H]2CC[C@H](n3cnnn3)[C@H](CO)C2)CC(=O)[C@H](C)/C=C(\C)[C@@H](O)[C@H]1CO. The quantitative estimate of drug-likeness (QED) is 0.135. The van der Waals surface area contributed by atoms with Gasteiger partial charge in [0.15, 0.2) is 0 Å². The zero-order valence-corrected chi connectivity index (χ0v) is 42.3. The fourth-order valence-corrected chi connectivity index (χ4v) is 11.1. The van der Waals surface area contributed by atoms with Gasteiger partial charge >= 0.3 is 5.97 Å². The Bertz CT molecular complexity index is 2020. The van der Waals surface area contributed by atoms with E-state index in [0.29, 0.717) is 56.1 Å². The molecule has 15 atom stereocenters. The molecule has 0 spiro atoms. The molecule has 16 nitrogen and oxygen atoms in total. The third kappa shape index (κ3) is 14.2. The van der Waals surface area contributed by atoms with Gasteiger partial charge in [-0.15, -0.1) is 5.10 Å². The van der Waals surface area contributed by atoms with Gasteiger partial charge in [0.2, 0.25) is 5.79 Å². The fourth-order valence-electron chi connectivity index (χ4n) is 11.1. The minimum Gasteiger partial charge on any atom is -0.460 e. The second kappa shape index (κ2) is 25.8. The second-order valence-electron chi connectivity index (χ2n) is 20.9. The van der Waals surface area contributed by atoms with Gasteiger partial charge in [-0.1, -0.05) is 83.2 Å². The maximum atomic E-state index is 14.5. The molecule has 4 aliphatic rings. The molecule has 384 valence electrons. The first-order chi connectivity index (χ1) is 32.8. The summed E-state index contributed by atoms with van der Waals surface area (Å²) in [6.45, 7) is 17.1. The van der Waals surface area contributed by atoms with Gasteiger partial charge in [-0.2, -0.15) is 0 Å². The summed E-state index contributed by atoms with van der Waals surface area (Å²) < 4.78 is 20.1. The number of ketones is 2. The number of hydrogen-bond acceptors (Lipinski definition) is 14. The van der Waals surface area contributed by atoms with Gasteiger partial charge in [0.25, 0.3) is 11.7 Å². The molecule has 69 heavy (non-hydrogen) atoms. The number of hydrogen-bond donors (Lipinski definition) is 4. The summed E-state index contributed by atoms with van der Waals surface area (Å²) in [6, 6.07) is -1.21. The standard InChI is InChI=1S/C53H81N5O11/c1-32-15-11-10-12-16-33(2)47(67-9)27-42-20-18-38(7)53(66,69-42)50(63)51(64)57-22-14-13-17-45(57)52(65)68-48(36(5)25-40-19-21-44(41(26-40)29-59)58-31-54-55-56-58)28-46(61)35(4)24-37(6)49(62)43(30-60)39(8)34(3)23-32/h10-12,15-16,24,31-32,34-36,38,40-45,47-49,59-60,62,66H,8,13-14,17-23,25-30H2,1-7,9H3/b12-10+,15-11+,33-16+,37-24+/t32-,34-,35-,36-,38-,40+,41+,42+,43+,44+,45+,47+,48+,49-,53-/m1/s1. The van der Waals surface area contributed by atoms with E-state index in [1.54, 1.807) is 45.0 Å². The predicted octanol–water partition coefficient (Wildman–Crippen LogP) is 6.22. The normalized spacial score (nSPS) is 38.8. The number of esters is 1. The van der Waals surface area contributed by atoms with Crippen LogP contribution in [-0.2, 0) is 33.4 Å². The van der Waals surface area contributed by atoms with Crippen molar-refractivity contribution in [3.05, 3.63) is 66.1 Å². The number of ether oxygens (including phenoxy) is 3. The largest absolute Gasteiger partial charge is 0.460 e. The van der Waals surface area contributed by atoms with Crippen molar-refractivity contribution in [2.24, 2.45) is 47.3 Å². The van der Waals surface area contributed by atoms with Crippen LogP contribution in [0, 0.1) is 47.3 Å². The Labute approximate surface area is 409 Å². The van der Waals surface area contributed by atoms with E-state index in [9.17, 15) is 39.6 Å². The molecule has 1 amide bonds. The van der Waals surface area contributed by atoms with Crippen LogP contribution in [0.5, 0.6) is 0 Å². The highest BCUT2D eigenvalue weighted by atomic mass is 16.6. The van der Waals surface area contributed by atoms with E-state index >= 15 is 0 Å². The Morgan fingerprint density at radius 2 is 1.70 bits per heavy atom. The van der Waals surface area contributed by atoms with Crippen molar-refractivity contribution in [3.63, 3.8) is 0 Å². The average molecular weight is 964 g/mol. The van der Waals surface area contributed by atoms with Crippen LogP contribution in [0.1, 0.15) is 132 Å². The van der Waals surface area contributed by atoms with Crippen LogP contribution < -0.4 is 0 Å². The fraction of sp³-hybridized carbons (Fsp3) is 0.717. The second-order valence-corrected chi connectivity index (χ2v) is 20.9. The van der Waals surface area contributed by atoms with Crippen LogP contribution in [0.3, 0.4) is 0 Å². The van der Waals surface area contributed by atoms with E-state index in [2.05, 4.69) is 35.1 Å². The molecular weight excluding hydrogens is 883 g/mol. The molecule has 1 aromatic heterocycles. The number of aromatic nitrogens is 4. The van der Waals surface area contributed by atoms with Gasteiger partial charge in [0.05, 0.1) is 31.0 Å². The zero-order chi connectivity index (χ0) is 50.6. The molecule has 1 saturated carbocycles. The molecule has 2 saturated heterocycles. The molecule has 0 radical (unpaired) electrons. The van der Waals surface area contributed by atoms with Crippen LogP contribution in [0.15, 0.2) is 66.1 Å². The number of amides is 1. The van der Waals surface area contributed by atoms with Crippen molar-refractivity contribution >= 4 is 23.4 Å². The first kappa shape index (κ1) is 55.7. The molecule has 2 bridgehead atoms. The average Bonchev–Trinajstić information content (AvgIpc) is 3.88. The monoisotopic (exact) mass is 964 g/mol. The Balaban J connectivity index is 1.46. The molecule has 0 aromatic carbocycles. The van der Waals surface area contributed by atoms with E-state index in [1.165, 1.54) is 4.90 Å². The Kier molecular flexibility index (Phi) is 20.8. The van der Waals surface area contributed by atoms with E-state index in [1.807, 2.05) is 45.1 Å². The van der Waals surface area contributed by atoms with Gasteiger partial charge < -0.3 is 39.5 Å². The topological polar surface area (TPSA) is 224 Å². The number of fused-ring (bicyclic) bond motifs is 3. The molecule has 4 heterocycles. The Morgan fingerprint density at radius 1 is 0.942 bits per heavy atom. The number of tetrazole rings is 1. The molecule has 1 aromatic rings. The number of aliphatic hydroxyl groups is 4. The highest BCUT2D eigenvalue weighted by Gasteiger charge is 2.53. The highest BCUT2D eigenvalue weighted by molar-refractivity contribution is 6.39. The predicted molar refractivity (Wildman–Crippen MR) is 260 cm³/mol. The Hall–Kier alpha value is -4.19. The maximum Gasteiger partial charge on any atom is 0.329 e. The van der Waals surface area contributed by atoms with Gasteiger partial charge in [-0.3, -0.25) is 14.4 Å². The van der Waals surface area contributed by atoms with E-state index in [0.717, 1.165) is 24.8 Å². The summed E-state index contributed by atoms with van der Waals surface area (Å²) in [5.74, 6) is -7.86. The van der Waals surface area contributed by atoms with Crippen LogP contribution in [0.4, 0.5) is 0 Å². The molecule has 3 fully saturated rings.